The summed E-state index contributed by atoms with van der Waals surface area (Å²) in [7, 11) is 8.76. The Morgan fingerprint density at radius 2 is 1.67 bits per heavy atom. The number of likely N-dealkylation sites (N-methyl/N-ethyl adjacent to an activating group) is 1. The van der Waals surface area contributed by atoms with Crippen molar-refractivity contribution in [3.05, 3.63) is 83.9 Å². The van der Waals surface area contributed by atoms with Gasteiger partial charge >= 0.3 is 6.03 Å². The quantitative estimate of drug-likeness (QED) is 0.288. The van der Waals surface area contributed by atoms with E-state index in [0.717, 1.165) is 16.8 Å². The van der Waals surface area contributed by atoms with E-state index in [1.807, 2.05) is 67.5 Å². The number of benzene rings is 3. The number of methoxy groups -OCH3 is 2. The first-order valence-electron chi connectivity index (χ1n) is 14.0. The Morgan fingerprint density at radius 3 is 2.31 bits per heavy atom. The maximum Gasteiger partial charge on any atom is 0.322 e. The summed E-state index contributed by atoms with van der Waals surface area (Å²) in [5.74, 6) is 0.798. The second-order valence-corrected chi connectivity index (χ2v) is 10.7. The minimum atomic E-state index is -0.855. The Labute approximate surface area is 247 Å². The molecule has 3 atom stereocenters. The fourth-order valence-corrected chi connectivity index (χ4v) is 5.09. The lowest BCUT2D eigenvalue weighted by atomic mass is 9.99. The van der Waals surface area contributed by atoms with Crippen LogP contribution in [0.3, 0.4) is 0 Å². The van der Waals surface area contributed by atoms with E-state index in [2.05, 4.69) is 16.7 Å². The Bertz CT molecular complexity index is 1330. The standard InChI is InChI=1S/C32H41N5O5/c1-35(2)24-13-9-12-23(14-24)19-33-20-30(38)29(15-22-10-7-6-8-11-22)36(3)31(39)28-21-37(32(40)34-28)25-16-26(41-4)18-27(17-25)42-5/h6-14,16-18,28-30,33,38H,15,19-21H2,1-5H3,(H,34,40)/t28-,29-,30+/m0/s1. The van der Waals surface area contributed by atoms with Crippen molar-refractivity contribution in [3.8, 4) is 11.5 Å². The molecule has 10 nitrogen and oxygen atoms in total. The first-order chi connectivity index (χ1) is 20.2. The van der Waals surface area contributed by atoms with E-state index in [4.69, 9.17) is 9.47 Å². The lowest BCUT2D eigenvalue weighted by molar-refractivity contribution is -0.135. The number of hydrogen-bond acceptors (Lipinski definition) is 7. The zero-order valence-electron chi connectivity index (χ0n) is 24.9. The maximum absolute atomic E-state index is 13.7. The molecule has 3 aromatic carbocycles. The van der Waals surface area contributed by atoms with Gasteiger partial charge in [0.05, 0.1) is 38.6 Å². The van der Waals surface area contributed by atoms with Gasteiger partial charge in [-0.25, -0.2) is 4.79 Å². The molecule has 42 heavy (non-hydrogen) atoms. The largest absolute Gasteiger partial charge is 0.497 e. The molecular formula is C32H41N5O5. The predicted molar refractivity (Wildman–Crippen MR) is 164 cm³/mol. The first kappa shape index (κ1) is 30.7. The molecule has 3 N–H and O–H groups in total. The molecule has 1 saturated heterocycles. The highest BCUT2D eigenvalue weighted by Gasteiger charge is 2.39. The number of hydrogen-bond donors (Lipinski definition) is 3. The molecule has 224 valence electrons. The zero-order valence-corrected chi connectivity index (χ0v) is 24.9. The fourth-order valence-electron chi connectivity index (χ4n) is 5.09. The number of aliphatic hydroxyl groups excluding tert-OH is 1. The molecule has 0 spiro atoms. The van der Waals surface area contributed by atoms with Crippen molar-refractivity contribution in [2.24, 2.45) is 0 Å². The molecule has 1 heterocycles. The molecular weight excluding hydrogens is 534 g/mol. The fraction of sp³-hybridized carbons (Fsp3) is 0.375. The van der Waals surface area contributed by atoms with Gasteiger partial charge in [-0.15, -0.1) is 0 Å². The van der Waals surface area contributed by atoms with Crippen molar-refractivity contribution in [2.45, 2.75) is 31.2 Å². The molecule has 3 aromatic rings. The van der Waals surface area contributed by atoms with Crippen LogP contribution < -0.4 is 29.9 Å². The maximum atomic E-state index is 13.7. The van der Waals surface area contributed by atoms with Gasteiger partial charge in [0.15, 0.2) is 0 Å². The Kier molecular flexibility index (Phi) is 10.3. The van der Waals surface area contributed by atoms with Crippen LogP contribution in [-0.4, -0.2) is 88.6 Å². The smallest absolute Gasteiger partial charge is 0.322 e. The molecule has 1 aliphatic rings. The van der Waals surface area contributed by atoms with Crippen LogP contribution in [0.2, 0.25) is 0 Å². The third-order valence-electron chi connectivity index (χ3n) is 7.54. The molecule has 3 amide bonds. The molecule has 4 rings (SSSR count). The summed E-state index contributed by atoms with van der Waals surface area (Å²) in [4.78, 5) is 31.8. The highest BCUT2D eigenvalue weighted by atomic mass is 16.5. The Balaban J connectivity index is 1.46. The zero-order chi connectivity index (χ0) is 30.2. The average molecular weight is 576 g/mol. The van der Waals surface area contributed by atoms with Gasteiger partial charge < -0.3 is 35.0 Å². The van der Waals surface area contributed by atoms with E-state index in [-0.39, 0.29) is 25.0 Å². The van der Waals surface area contributed by atoms with Gasteiger partial charge in [0.25, 0.3) is 0 Å². The van der Waals surface area contributed by atoms with E-state index in [1.165, 1.54) is 19.1 Å². The number of nitrogens with one attached hydrogen (secondary N) is 2. The summed E-state index contributed by atoms with van der Waals surface area (Å²) < 4.78 is 10.7. The predicted octanol–water partition coefficient (Wildman–Crippen LogP) is 2.89. The molecule has 0 saturated carbocycles. The number of ether oxygens (including phenoxy) is 2. The molecule has 0 radical (unpaired) electrons. The third-order valence-corrected chi connectivity index (χ3v) is 7.54. The summed E-state index contributed by atoms with van der Waals surface area (Å²) >= 11 is 0. The number of nitrogens with zero attached hydrogens (tertiary/aromatic N) is 3. The van der Waals surface area contributed by atoms with Crippen LogP contribution in [0.15, 0.2) is 72.8 Å². The number of carbonyl (C=O) groups excluding carboxylic acids is 2. The van der Waals surface area contributed by atoms with Crippen molar-refractivity contribution >= 4 is 23.3 Å². The third kappa shape index (κ3) is 7.51. The monoisotopic (exact) mass is 575 g/mol. The van der Waals surface area contributed by atoms with Gasteiger partial charge in [-0.2, -0.15) is 0 Å². The van der Waals surface area contributed by atoms with Crippen molar-refractivity contribution in [3.63, 3.8) is 0 Å². The number of rotatable bonds is 13. The van der Waals surface area contributed by atoms with Gasteiger partial charge in [-0.3, -0.25) is 9.69 Å². The van der Waals surface area contributed by atoms with Crippen LogP contribution in [0.1, 0.15) is 11.1 Å². The number of amides is 3. The summed E-state index contributed by atoms with van der Waals surface area (Å²) in [6.45, 7) is 0.993. The second kappa shape index (κ2) is 14.1. The Hall–Kier alpha value is -4.28. The molecule has 10 heteroatoms. The Morgan fingerprint density at radius 1 is 1.00 bits per heavy atom. The summed E-state index contributed by atoms with van der Waals surface area (Å²) in [6.07, 6.45) is -0.397. The van der Waals surface area contributed by atoms with Crippen LogP contribution in [0.25, 0.3) is 0 Å². The van der Waals surface area contributed by atoms with Crippen LogP contribution in [-0.2, 0) is 17.8 Å². The normalized spacial score (nSPS) is 16.0. The van der Waals surface area contributed by atoms with Gasteiger partial charge in [0.1, 0.15) is 17.5 Å². The molecule has 0 unspecified atom stereocenters. The van der Waals surface area contributed by atoms with Crippen molar-refractivity contribution < 1.29 is 24.2 Å². The van der Waals surface area contributed by atoms with Crippen molar-refractivity contribution in [1.29, 1.82) is 0 Å². The van der Waals surface area contributed by atoms with Gasteiger partial charge in [-0.1, -0.05) is 42.5 Å². The molecule has 1 fully saturated rings. The van der Waals surface area contributed by atoms with Gasteiger partial charge in [0, 0.05) is 58.1 Å². The van der Waals surface area contributed by atoms with Gasteiger partial charge in [-0.05, 0) is 29.7 Å². The topological polar surface area (TPSA) is 107 Å². The summed E-state index contributed by atoms with van der Waals surface area (Å²) in [6, 6.07) is 21.4. The first-order valence-corrected chi connectivity index (χ1v) is 14.0. The minimum absolute atomic E-state index is 0.132. The number of anilines is 2. The van der Waals surface area contributed by atoms with Crippen LogP contribution in [0.4, 0.5) is 16.2 Å². The average Bonchev–Trinajstić information content (AvgIpc) is 3.40. The number of carbonyl (C=O) groups is 2. The summed E-state index contributed by atoms with van der Waals surface area (Å²) in [5, 5.41) is 17.5. The van der Waals surface area contributed by atoms with E-state index >= 15 is 0 Å². The highest BCUT2D eigenvalue weighted by Crippen LogP contribution is 2.30. The van der Waals surface area contributed by atoms with E-state index in [1.54, 1.807) is 30.1 Å². The van der Waals surface area contributed by atoms with E-state index < -0.39 is 18.2 Å². The van der Waals surface area contributed by atoms with Crippen LogP contribution >= 0.6 is 0 Å². The molecule has 0 bridgehead atoms. The minimum Gasteiger partial charge on any atom is -0.497 e. The van der Waals surface area contributed by atoms with Crippen molar-refractivity contribution in [2.75, 3.05) is 58.3 Å². The van der Waals surface area contributed by atoms with Crippen LogP contribution in [0, 0.1) is 0 Å². The van der Waals surface area contributed by atoms with Crippen LogP contribution in [0.5, 0.6) is 11.5 Å². The highest BCUT2D eigenvalue weighted by molar-refractivity contribution is 6.00. The van der Waals surface area contributed by atoms with E-state index in [9.17, 15) is 14.7 Å². The van der Waals surface area contributed by atoms with Crippen molar-refractivity contribution in [1.82, 2.24) is 15.5 Å². The SMILES string of the molecule is COc1cc(OC)cc(N2C[C@@H](C(=O)N(C)[C@@H](Cc3ccccc3)[C@H](O)CNCc3cccc(N(C)C)c3)NC2=O)c1. The summed E-state index contributed by atoms with van der Waals surface area (Å²) in [5.41, 5.74) is 3.76. The lowest BCUT2D eigenvalue weighted by Gasteiger charge is -2.34. The van der Waals surface area contributed by atoms with Gasteiger partial charge in [0.2, 0.25) is 5.91 Å². The number of urea groups is 1. The molecule has 0 aromatic heterocycles. The van der Waals surface area contributed by atoms with E-state index in [0.29, 0.717) is 30.2 Å². The number of aliphatic hydroxyl groups is 1. The lowest BCUT2D eigenvalue weighted by Crippen LogP contribution is -2.54. The molecule has 1 aliphatic heterocycles. The molecule has 0 aliphatic carbocycles. The second-order valence-electron chi connectivity index (χ2n) is 10.7.